The van der Waals surface area contributed by atoms with Crippen molar-refractivity contribution in [1.29, 1.82) is 5.26 Å². The lowest BCUT2D eigenvalue weighted by Crippen LogP contribution is -2.39. The fraction of sp³-hybridized carbons (Fsp3) is 0.429. The summed E-state index contributed by atoms with van der Waals surface area (Å²) in [6.45, 7) is 3.64. The standard InChI is InChI=1S/C14H18FN3O/c1-14(2,17)7-13(19)18(3)9-11-6-10(8-16)4-5-12(11)15/h4-6H,7,9,17H2,1-3H3. The highest BCUT2D eigenvalue weighted by Crippen LogP contribution is 2.14. The Morgan fingerprint density at radius 3 is 2.68 bits per heavy atom. The molecule has 0 heterocycles. The van der Waals surface area contributed by atoms with Crippen LogP contribution in [0, 0.1) is 17.1 Å². The van der Waals surface area contributed by atoms with E-state index < -0.39 is 11.4 Å². The van der Waals surface area contributed by atoms with Gasteiger partial charge in [-0.3, -0.25) is 4.79 Å². The summed E-state index contributed by atoms with van der Waals surface area (Å²) in [5.74, 6) is -0.583. The second kappa shape index (κ2) is 5.81. The summed E-state index contributed by atoms with van der Waals surface area (Å²) < 4.78 is 13.6. The summed E-state index contributed by atoms with van der Waals surface area (Å²) in [5.41, 5.74) is 5.88. The lowest BCUT2D eigenvalue weighted by atomic mass is 10.0. The van der Waals surface area contributed by atoms with E-state index in [0.29, 0.717) is 11.1 Å². The van der Waals surface area contributed by atoms with E-state index in [1.807, 2.05) is 6.07 Å². The van der Waals surface area contributed by atoms with Crippen LogP contribution >= 0.6 is 0 Å². The van der Waals surface area contributed by atoms with Gasteiger partial charge in [0.15, 0.2) is 0 Å². The maximum absolute atomic E-state index is 13.6. The maximum atomic E-state index is 13.6. The summed E-state index contributed by atoms with van der Waals surface area (Å²) in [4.78, 5) is 13.3. The number of nitriles is 1. The highest BCUT2D eigenvalue weighted by atomic mass is 19.1. The normalized spacial score (nSPS) is 10.9. The van der Waals surface area contributed by atoms with Crippen LogP contribution in [0.4, 0.5) is 4.39 Å². The largest absolute Gasteiger partial charge is 0.341 e. The van der Waals surface area contributed by atoms with E-state index in [-0.39, 0.29) is 18.9 Å². The Bertz CT molecular complexity index is 514. The van der Waals surface area contributed by atoms with Gasteiger partial charge in [-0.1, -0.05) is 0 Å². The van der Waals surface area contributed by atoms with Crippen molar-refractivity contribution in [3.05, 3.63) is 35.1 Å². The van der Waals surface area contributed by atoms with Gasteiger partial charge >= 0.3 is 0 Å². The Morgan fingerprint density at radius 2 is 2.16 bits per heavy atom. The van der Waals surface area contributed by atoms with Gasteiger partial charge in [0.1, 0.15) is 5.82 Å². The molecule has 0 aliphatic heterocycles. The molecule has 4 nitrogen and oxygen atoms in total. The third-order valence-electron chi connectivity index (χ3n) is 2.61. The molecule has 0 saturated heterocycles. The quantitative estimate of drug-likeness (QED) is 0.900. The molecule has 1 amide bonds. The third-order valence-corrected chi connectivity index (χ3v) is 2.61. The number of hydrogen-bond donors (Lipinski definition) is 1. The average molecular weight is 263 g/mol. The van der Waals surface area contributed by atoms with Crippen molar-refractivity contribution < 1.29 is 9.18 Å². The fourth-order valence-corrected chi connectivity index (χ4v) is 1.63. The molecule has 0 fully saturated rings. The Morgan fingerprint density at radius 1 is 1.53 bits per heavy atom. The highest BCUT2D eigenvalue weighted by molar-refractivity contribution is 5.77. The zero-order valence-corrected chi connectivity index (χ0v) is 11.4. The molecule has 0 atom stereocenters. The van der Waals surface area contributed by atoms with Crippen molar-refractivity contribution >= 4 is 5.91 Å². The van der Waals surface area contributed by atoms with Crippen LogP contribution in [0.25, 0.3) is 0 Å². The number of nitrogens with zero attached hydrogens (tertiary/aromatic N) is 2. The van der Waals surface area contributed by atoms with Crippen LogP contribution in [0.2, 0.25) is 0 Å². The van der Waals surface area contributed by atoms with Crippen molar-refractivity contribution in [3.63, 3.8) is 0 Å². The Kier molecular flexibility index (Phi) is 4.62. The van der Waals surface area contributed by atoms with Gasteiger partial charge in [-0.05, 0) is 32.0 Å². The lowest BCUT2D eigenvalue weighted by Gasteiger charge is -2.23. The number of nitrogens with two attached hydrogens (primary N) is 1. The van der Waals surface area contributed by atoms with E-state index >= 15 is 0 Å². The van der Waals surface area contributed by atoms with Crippen LogP contribution in [0.15, 0.2) is 18.2 Å². The summed E-state index contributed by atoms with van der Waals surface area (Å²) in [6, 6.07) is 6.04. The minimum atomic E-state index is -0.599. The second-order valence-corrected chi connectivity index (χ2v) is 5.33. The number of carbonyl (C=O) groups excluding carboxylic acids is 1. The SMILES string of the molecule is CN(Cc1cc(C#N)ccc1F)C(=O)CC(C)(C)N. The molecule has 5 heteroatoms. The number of rotatable bonds is 4. The number of amides is 1. The van der Waals surface area contributed by atoms with Gasteiger partial charge < -0.3 is 10.6 Å². The number of benzene rings is 1. The first-order valence-electron chi connectivity index (χ1n) is 5.94. The summed E-state index contributed by atoms with van der Waals surface area (Å²) in [7, 11) is 1.59. The van der Waals surface area contributed by atoms with Crippen molar-refractivity contribution in [2.75, 3.05) is 7.05 Å². The predicted octanol–water partition coefficient (Wildman–Crippen LogP) is 1.78. The molecule has 0 bridgehead atoms. The molecule has 1 aromatic rings. The van der Waals surface area contributed by atoms with E-state index in [4.69, 9.17) is 11.0 Å². The van der Waals surface area contributed by atoms with E-state index in [1.165, 1.54) is 23.1 Å². The molecule has 0 aromatic heterocycles. The zero-order valence-electron chi connectivity index (χ0n) is 11.4. The molecule has 19 heavy (non-hydrogen) atoms. The first kappa shape index (κ1) is 15.1. The van der Waals surface area contributed by atoms with Crippen molar-refractivity contribution in [2.45, 2.75) is 32.4 Å². The molecular formula is C14H18FN3O. The van der Waals surface area contributed by atoms with Gasteiger partial charge in [-0.15, -0.1) is 0 Å². The molecule has 0 aliphatic carbocycles. The van der Waals surface area contributed by atoms with Crippen LogP contribution in [-0.4, -0.2) is 23.4 Å². The average Bonchev–Trinajstić information content (AvgIpc) is 2.29. The third kappa shape index (κ3) is 4.68. The van der Waals surface area contributed by atoms with E-state index in [9.17, 15) is 9.18 Å². The van der Waals surface area contributed by atoms with Gasteiger partial charge in [0.05, 0.1) is 11.6 Å². The lowest BCUT2D eigenvalue weighted by molar-refractivity contribution is -0.131. The number of carbonyl (C=O) groups is 1. The van der Waals surface area contributed by atoms with Crippen LogP contribution in [-0.2, 0) is 11.3 Å². The molecule has 1 rings (SSSR count). The minimum Gasteiger partial charge on any atom is -0.341 e. The second-order valence-electron chi connectivity index (χ2n) is 5.33. The van der Waals surface area contributed by atoms with Gasteiger partial charge in [0.25, 0.3) is 0 Å². The van der Waals surface area contributed by atoms with Gasteiger partial charge in [0.2, 0.25) is 5.91 Å². The monoisotopic (exact) mass is 263 g/mol. The van der Waals surface area contributed by atoms with Gasteiger partial charge in [-0.2, -0.15) is 5.26 Å². The summed E-state index contributed by atoms with van der Waals surface area (Å²) in [5, 5.41) is 8.78. The van der Waals surface area contributed by atoms with Crippen LogP contribution in [0.3, 0.4) is 0 Å². The molecular weight excluding hydrogens is 245 g/mol. The Balaban J connectivity index is 2.80. The summed E-state index contributed by atoms with van der Waals surface area (Å²) >= 11 is 0. The number of hydrogen-bond acceptors (Lipinski definition) is 3. The van der Waals surface area contributed by atoms with Gasteiger partial charge in [0, 0.05) is 31.1 Å². The Labute approximate surface area is 112 Å². The van der Waals surface area contributed by atoms with Crippen molar-refractivity contribution in [2.24, 2.45) is 5.73 Å². The minimum absolute atomic E-state index is 0.121. The fourth-order valence-electron chi connectivity index (χ4n) is 1.63. The number of halogens is 1. The van der Waals surface area contributed by atoms with E-state index in [1.54, 1.807) is 20.9 Å². The molecule has 0 saturated carbocycles. The molecule has 0 unspecified atom stereocenters. The van der Waals surface area contributed by atoms with Crippen LogP contribution in [0.5, 0.6) is 0 Å². The first-order valence-corrected chi connectivity index (χ1v) is 5.94. The Hall–Kier alpha value is -1.93. The predicted molar refractivity (Wildman–Crippen MR) is 70.5 cm³/mol. The van der Waals surface area contributed by atoms with E-state index in [2.05, 4.69) is 0 Å². The van der Waals surface area contributed by atoms with Crippen LogP contribution in [0.1, 0.15) is 31.4 Å². The van der Waals surface area contributed by atoms with Gasteiger partial charge in [-0.25, -0.2) is 4.39 Å². The van der Waals surface area contributed by atoms with Crippen LogP contribution < -0.4 is 5.73 Å². The maximum Gasteiger partial charge on any atom is 0.224 e. The zero-order chi connectivity index (χ0) is 14.6. The molecule has 2 N–H and O–H groups in total. The molecule has 0 spiro atoms. The van der Waals surface area contributed by atoms with Crippen molar-refractivity contribution in [1.82, 2.24) is 4.90 Å². The molecule has 0 aliphatic rings. The highest BCUT2D eigenvalue weighted by Gasteiger charge is 2.20. The summed E-state index contributed by atoms with van der Waals surface area (Å²) in [6.07, 6.45) is 0.184. The molecule has 102 valence electrons. The first-order chi connectivity index (χ1) is 8.73. The van der Waals surface area contributed by atoms with Crippen molar-refractivity contribution in [3.8, 4) is 6.07 Å². The van der Waals surface area contributed by atoms with E-state index in [0.717, 1.165) is 0 Å². The molecule has 1 aromatic carbocycles. The smallest absolute Gasteiger partial charge is 0.224 e. The molecule has 0 radical (unpaired) electrons. The topological polar surface area (TPSA) is 70.1 Å².